The third kappa shape index (κ3) is 5.26. The van der Waals surface area contributed by atoms with E-state index in [1.807, 2.05) is 24.3 Å². The van der Waals surface area contributed by atoms with Gasteiger partial charge in [0.2, 0.25) is 0 Å². The Labute approximate surface area is 333 Å². The SMILES string of the molecule is C=Cc1oc2cccc(-c3ccc(N(c4ccc(-c5cccc6oc7c8ccccc8ccc7c56)cc4)c4cccc5c4sc4ccccc45)cc3)c2c1/C=C\C. The van der Waals surface area contributed by atoms with Crippen molar-refractivity contribution in [2.24, 2.45) is 0 Å². The van der Waals surface area contributed by atoms with Gasteiger partial charge in [0, 0.05) is 54.0 Å². The summed E-state index contributed by atoms with van der Waals surface area (Å²) in [6.07, 6.45) is 5.95. The third-order valence-electron chi connectivity index (χ3n) is 11.2. The molecule has 0 N–H and O–H groups in total. The number of hydrogen-bond donors (Lipinski definition) is 0. The van der Waals surface area contributed by atoms with E-state index in [0.29, 0.717) is 0 Å². The fourth-order valence-corrected chi connectivity index (χ4v) is 9.83. The first-order valence-electron chi connectivity index (χ1n) is 19.2. The predicted molar refractivity (Wildman–Crippen MR) is 244 cm³/mol. The summed E-state index contributed by atoms with van der Waals surface area (Å²) in [5.41, 5.74) is 11.6. The highest BCUT2D eigenvalue weighted by atomic mass is 32.1. The summed E-state index contributed by atoms with van der Waals surface area (Å²) in [6.45, 7) is 6.04. The van der Waals surface area contributed by atoms with E-state index in [1.54, 1.807) is 6.08 Å². The maximum atomic E-state index is 6.54. The first kappa shape index (κ1) is 33.2. The Morgan fingerprint density at radius 3 is 1.89 bits per heavy atom. The van der Waals surface area contributed by atoms with Gasteiger partial charge in [-0.2, -0.15) is 0 Å². The molecule has 3 heterocycles. The molecule has 4 heteroatoms. The summed E-state index contributed by atoms with van der Waals surface area (Å²) in [5.74, 6) is 0.781. The Kier molecular flexibility index (Phi) is 7.73. The van der Waals surface area contributed by atoms with E-state index in [4.69, 9.17) is 8.83 Å². The number of hydrogen-bond acceptors (Lipinski definition) is 4. The Bertz CT molecular complexity index is 3380. The van der Waals surface area contributed by atoms with Gasteiger partial charge >= 0.3 is 0 Å². The number of allylic oxidation sites excluding steroid dienone is 1. The van der Waals surface area contributed by atoms with E-state index in [-0.39, 0.29) is 0 Å². The van der Waals surface area contributed by atoms with Crippen molar-refractivity contribution in [2.45, 2.75) is 6.92 Å². The van der Waals surface area contributed by atoms with Gasteiger partial charge in [-0.3, -0.25) is 0 Å². The Morgan fingerprint density at radius 2 is 1.18 bits per heavy atom. The summed E-state index contributed by atoms with van der Waals surface area (Å²) in [4.78, 5) is 2.39. The zero-order valence-electron chi connectivity index (χ0n) is 31.2. The number of thiophene rings is 1. The van der Waals surface area contributed by atoms with Crippen molar-refractivity contribution in [3.8, 4) is 22.3 Å². The molecule has 11 rings (SSSR count). The molecule has 11 aromatic rings. The maximum absolute atomic E-state index is 6.54. The number of nitrogens with zero attached hydrogens (tertiary/aromatic N) is 1. The number of rotatable bonds is 7. The Morgan fingerprint density at radius 1 is 0.544 bits per heavy atom. The van der Waals surface area contributed by atoms with Gasteiger partial charge in [-0.15, -0.1) is 11.3 Å². The quantitative estimate of drug-likeness (QED) is 0.162. The molecule has 0 aliphatic heterocycles. The molecule has 0 bridgehead atoms. The van der Waals surface area contributed by atoms with Gasteiger partial charge in [-0.25, -0.2) is 0 Å². The minimum Gasteiger partial charge on any atom is -0.456 e. The fourth-order valence-electron chi connectivity index (χ4n) is 8.63. The van der Waals surface area contributed by atoms with Crippen LogP contribution in [-0.4, -0.2) is 0 Å². The Hall–Kier alpha value is -7.14. The second kappa shape index (κ2) is 13.3. The minimum absolute atomic E-state index is 0.781. The van der Waals surface area contributed by atoms with Crippen LogP contribution >= 0.6 is 11.3 Å². The van der Waals surface area contributed by atoms with E-state index >= 15 is 0 Å². The van der Waals surface area contributed by atoms with Gasteiger partial charge in [0.1, 0.15) is 22.5 Å². The average Bonchev–Trinajstić information content (AvgIpc) is 3.96. The van der Waals surface area contributed by atoms with E-state index < -0.39 is 0 Å². The second-order valence-corrected chi connectivity index (χ2v) is 15.4. The average molecular weight is 750 g/mol. The molecule has 270 valence electrons. The van der Waals surface area contributed by atoms with Gasteiger partial charge in [0.05, 0.1) is 10.4 Å². The van der Waals surface area contributed by atoms with Crippen LogP contribution in [0.2, 0.25) is 0 Å². The van der Waals surface area contributed by atoms with E-state index in [9.17, 15) is 0 Å². The van der Waals surface area contributed by atoms with Crippen LogP contribution in [0.4, 0.5) is 17.1 Å². The molecule has 0 radical (unpaired) electrons. The normalized spacial score (nSPS) is 11.9. The molecule has 0 spiro atoms. The lowest BCUT2D eigenvalue weighted by Gasteiger charge is -2.26. The van der Waals surface area contributed by atoms with Crippen LogP contribution < -0.4 is 4.90 Å². The zero-order valence-corrected chi connectivity index (χ0v) is 32.0. The van der Waals surface area contributed by atoms with Crippen LogP contribution in [-0.2, 0) is 0 Å². The number of fused-ring (bicyclic) bond motifs is 9. The summed E-state index contributed by atoms with van der Waals surface area (Å²) in [5, 5.41) is 8.21. The van der Waals surface area contributed by atoms with Crippen molar-refractivity contribution in [1.29, 1.82) is 0 Å². The van der Waals surface area contributed by atoms with Gasteiger partial charge in [0.15, 0.2) is 0 Å². The van der Waals surface area contributed by atoms with Crippen molar-refractivity contribution in [2.75, 3.05) is 4.90 Å². The van der Waals surface area contributed by atoms with Crippen LogP contribution in [0.15, 0.2) is 185 Å². The minimum atomic E-state index is 0.781. The largest absolute Gasteiger partial charge is 0.456 e. The van der Waals surface area contributed by atoms with Crippen molar-refractivity contribution in [3.63, 3.8) is 0 Å². The van der Waals surface area contributed by atoms with Crippen LogP contribution in [0.1, 0.15) is 18.2 Å². The monoisotopic (exact) mass is 749 g/mol. The van der Waals surface area contributed by atoms with Crippen LogP contribution in [0, 0.1) is 0 Å². The van der Waals surface area contributed by atoms with Crippen molar-refractivity contribution < 1.29 is 8.83 Å². The first-order valence-corrected chi connectivity index (χ1v) is 20.0. The molecule has 57 heavy (non-hydrogen) atoms. The molecule has 0 unspecified atom stereocenters. The summed E-state index contributed by atoms with van der Waals surface area (Å²) >= 11 is 1.85. The molecule has 0 amide bonds. The van der Waals surface area contributed by atoms with Gasteiger partial charge < -0.3 is 13.7 Å². The molecule has 0 saturated heterocycles. The lowest BCUT2D eigenvalue weighted by molar-refractivity contribution is 0.603. The van der Waals surface area contributed by atoms with Gasteiger partial charge in [-0.1, -0.05) is 128 Å². The highest BCUT2D eigenvalue weighted by molar-refractivity contribution is 7.26. The van der Waals surface area contributed by atoms with Gasteiger partial charge in [0.25, 0.3) is 0 Å². The van der Waals surface area contributed by atoms with Crippen molar-refractivity contribution >= 4 is 104 Å². The van der Waals surface area contributed by atoms with Crippen molar-refractivity contribution in [1.82, 2.24) is 0 Å². The molecular formula is C53H35NO2S. The smallest absolute Gasteiger partial charge is 0.143 e. The lowest BCUT2D eigenvalue weighted by Crippen LogP contribution is -2.10. The molecule has 3 aromatic heterocycles. The van der Waals surface area contributed by atoms with Crippen molar-refractivity contribution in [3.05, 3.63) is 188 Å². The standard InChI is InChI=1S/C53H35NO2S/c1-3-12-43-46(4-2)55-47-20-10-16-38(50(43)47)34-23-28-36(29-24-34)54(45-19-9-18-42-41-15-7-8-22-49(41)57-53(42)45)37-30-25-35(26-31-37)39-17-11-21-48-51(39)44-32-27-33-13-5-6-14-40(33)52(44)56-48/h3-32H,2H2,1H3/b12-3-. The van der Waals surface area contributed by atoms with E-state index in [1.165, 1.54) is 25.6 Å². The molecule has 0 fully saturated rings. The highest BCUT2D eigenvalue weighted by Gasteiger charge is 2.21. The highest BCUT2D eigenvalue weighted by Crippen LogP contribution is 2.46. The molecule has 0 aliphatic rings. The van der Waals surface area contributed by atoms with Gasteiger partial charge in [-0.05, 0) is 95.2 Å². The zero-order chi connectivity index (χ0) is 38.0. The first-order chi connectivity index (χ1) is 28.2. The summed E-state index contributed by atoms with van der Waals surface area (Å²) < 4.78 is 15.3. The number of furan rings is 2. The van der Waals surface area contributed by atoms with Crippen LogP contribution in [0.5, 0.6) is 0 Å². The summed E-state index contributed by atoms with van der Waals surface area (Å²) in [6, 6.07) is 58.7. The summed E-state index contributed by atoms with van der Waals surface area (Å²) in [7, 11) is 0. The van der Waals surface area contributed by atoms with Crippen LogP contribution in [0.3, 0.4) is 0 Å². The number of anilines is 3. The third-order valence-corrected chi connectivity index (χ3v) is 12.4. The number of benzene rings is 8. The lowest BCUT2D eigenvalue weighted by atomic mass is 9.97. The second-order valence-electron chi connectivity index (χ2n) is 14.4. The molecule has 0 saturated carbocycles. The van der Waals surface area contributed by atoms with E-state index in [0.717, 1.165) is 88.9 Å². The molecular weight excluding hydrogens is 715 g/mol. The molecule has 0 aliphatic carbocycles. The molecule has 3 nitrogen and oxygen atoms in total. The molecule has 8 aromatic carbocycles. The fraction of sp³-hybridized carbons (Fsp3) is 0.0189. The maximum Gasteiger partial charge on any atom is 0.143 e. The topological polar surface area (TPSA) is 29.5 Å². The van der Waals surface area contributed by atoms with E-state index in [2.05, 4.69) is 181 Å². The molecule has 0 atom stereocenters. The Balaban J connectivity index is 1.06. The van der Waals surface area contributed by atoms with Crippen LogP contribution in [0.25, 0.3) is 98.3 Å². The predicted octanol–water partition coefficient (Wildman–Crippen LogP) is 16.3.